The second-order valence-corrected chi connectivity index (χ2v) is 11.2. The molecule has 0 unspecified atom stereocenters. The second-order valence-electron chi connectivity index (χ2n) is 11.2. The van der Waals surface area contributed by atoms with Crippen molar-refractivity contribution in [3.05, 3.63) is 72.8 Å². The Morgan fingerprint density at radius 2 is 1.70 bits per heavy atom. The van der Waals surface area contributed by atoms with Gasteiger partial charge >= 0.3 is 12.1 Å². The fourth-order valence-corrected chi connectivity index (χ4v) is 4.50. The zero-order chi connectivity index (χ0) is 30.9. The number of imidazole rings is 2. The number of ether oxygens (including phenoxy) is 2. The number of hydrogen-bond acceptors (Lipinski definition) is 10. The van der Waals surface area contributed by atoms with Gasteiger partial charge in [-0.3, -0.25) is 0 Å². The summed E-state index contributed by atoms with van der Waals surface area (Å²) in [6, 6.07) is 16.2. The summed E-state index contributed by atoms with van der Waals surface area (Å²) in [7, 11) is 0. The molecule has 3 aromatic heterocycles. The highest BCUT2D eigenvalue weighted by Gasteiger charge is 2.28. The van der Waals surface area contributed by atoms with Crippen LogP contribution < -0.4 is 16.0 Å². The van der Waals surface area contributed by atoms with Gasteiger partial charge in [-0.25, -0.2) is 29.5 Å². The number of esters is 1. The quantitative estimate of drug-likeness (QED) is 0.111. The minimum atomic E-state index is -1.04. The van der Waals surface area contributed by atoms with Crippen molar-refractivity contribution >= 4 is 46.0 Å². The van der Waals surface area contributed by atoms with Crippen LogP contribution >= 0.6 is 0 Å². The number of amides is 1. The minimum absolute atomic E-state index is 0.0375. The maximum Gasteiger partial charge on any atom is 0.408 e. The van der Waals surface area contributed by atoms with E-state index < -0.39 is 23.7 Å². The maximum atomic E-state index is 13.1. The van der Waals surface area contributed by atoms with Gasteiger partial charge in [0.1, 0.15) is 30.1 Å². The first kappa shape index (κ1) is 30.3. The van der Waals surface area contributed by atoms with E-state index in [0.29, 0.717) is 23.5 Å². The van der Waals surface area contributed by atoms with Gasteiger partial charge in [0.15, 0.2) is 11.5 Å². The summed E-state index contributed by atoms with van der Waals surface area (Å²) >= 11 is 0. The van der Waals surface area contributed by atoms with Gasteiger partial charge in [-0.2, -0.15) is 0 Å². The lowest BCUT2D eigenvalue weighted by atomic mass is 10.2. The Balaban J connectivity index is 1.17. The highest BCUT2D eigenvalue weighted by molar-refractivity contribution is 5.84. The Bertz CT molecular complexity index is 1660. The van der Waals surface area contributed by atoms with Gasteiger partial charge in [0.05, 0.1) is 23.9 Å². The zero-order valence-corrected chi connectivity index (χ0v) is 25.0. The number of aromatic amines is 1. The highest BCUT2D eigenvalue weighted by Crippen LogP contribution is 2.19. The van der Waals surface area contributed by atoms with Gasteiger partial charge in [-0.05, 0) is 51.3 Å². The number of aromatic nitrogens is 6. The van der Waals surface area contributed by atoms with Crippen LogP contribution in [-0.2, 0) is 27.4 Å². The number of hydrogen-bond donors (Lipinski definition) is 4. The predicted molar refractivity (Wildman–Crippen MR) is 167 cm³/mol. The largest absolute Gasteiger partial charge is 0.458 e. The van der Waals surface area contributed by atoms with E-state index in [2.05, 4.69) is 40.9 Å². The van der Waals surface area contributed by atoms with E-state index in [4.69, 9.17) is 9.47 Å². The number of unbranched alkanes of at least 4 members (excludes halogenated alkanes) is 1. The Labute approximate surface area is 254 Å². The molecular formula is C31H37N9O4. The van der Waals surface area contributed by atoms with Gasteiger partial charge in [-0.15, -0.1) is 0 Å². The third-order valence-electron chi connectivity index (χ3n) is 6.55. The predicted octanol–water partition coefficient (Wildman–Crippen LogP) is 4.64. The standard InChI is InChI=1S/C31H37N9O4/c1-31(2,3)44-28(41)24(39-30(42)43-18-21-11-5-4-6-12-21)17-40-20-36-25-26(34-19-35-27(25)40)32-15-9-10-16-33-29-37-22-13-7-8-14-23(22)38-29/h4-8,11-14,19-20,24H,9-10,15-18H2,1-3H3,(H,39,42)(H,32,34,35)(H2,33,37,38)/t24-/m0/s1. The van der Waals surface area contributed by atoms with Crippen molar-refractivity contribution in [2.75, 3.05) is 23.7 Å². The lowest BCUT2D eigenvalue weighted by Crippen LogP contribution is -2.46. The maximum absolute atomic E-state index is 13.1. The SMILES string of the molecule is CC(C)(C)OC(=O)[C@H](Cn1cnc2c(NCCCCNc3nc4ccccc4[nH]3)ncnc21)NC(=O)OCc1ccccc1. The van der Waals surface area contributed by atoms with Crippen molar-refractivity contribution in [3.8, 4) is 0 Å². The first-order valence-electron chi connectivity index (χ1n) is 14.5. The van der Waals surface area contributed by atoms with E-state index in [0.717, 1.165) is 41.9 Å². The molecule has 5 rings (SSSR count). The summed E-state index contributed by atoms with van der Waals surface area (Å²) in [6.07, 6.45) is 4.07. The number of carbonyl (C=O) groups is 2. The molecule has 4 N–H and O–H groups in total. The molecule has 1 amide bonds. The number of alkyl carbamates (subject to hydrolysis) is 1. The van der Waals surface area contributed by atoms with Crippen molar-refractivity contribution in [1.29, 1.82) is 0 Å². The highest BCUT2D eigenvalue weighted by atomic mass is 16.6. The van der Waals surface area contributed by atoms with Crippen molar-refractivity contribution in [3.63, 3.8) is 0 Å². The number of benzene rings is 2. The second kappa shape index (κ2) is 13.8. The molecule has 13 nitrogen and oxygen atoms in total. The number of carbonyl (C=O) groups excluding carboxylic acids is 2. The third kappa shape index (κ3) is 8.21. The molecule has 2 aromatic carbocycles. The van der Waals surface area contributed by atoms with E-state index in [1.807, 2.05) is 54.6 Å². The molecule has 0 aliphatic heterocycles. The zero-order valence-electron chi connectivity index (χ0n) is 25.0. The molecule has 0 saturated heterocycles. The van der Waals surface area contributed by atoms with Crippen molar-refractivity contribution < 1.29 is 19.1 Å². The molecule has 0 spiro atoms. The number of nitrogens with one attached hydrogen (secondary N) is 4. The van der Waals surface area contributed by atoms with Crippen LogP contribution in [0.15, 0.2) is 67.3 Å². The summed E-state index contributed by atoms with van der Waals surface area (Å²) in [5.41, 5.74) is 3.09. The normalized spacial score (nSPS) is 12.2. The average molecular weight is 600 g/mol. The van der Waals surface area contributed by atoms with Crippen LogP contribution in [0.4, 0.5) is 16.6 Å². The lowest BCUT2D eigenvalue weighted by molar-refractivity contribution is -0.157. The summed E-state index contributed by atoms with van der Waals surface area (Å²) in [5.74, 6) is 0.744. The number of para-hydroxylation sites is 2. The van der Waals surface area contributed by atoms with E-state index >= 15 is 0 Å². The fourth-order valence-electron chi connectivity index (χ4n) is 4.50. The first-order valence-corrected chi connectivity index (χ1v) is 14.5. The molecule has 230 valence electrons. The topological polar surface area (TPSA) is 161 Å². The molecule has 3 heterocycles. The lowest BCUT2D eigenvalue weighted by Gasteiger charge is -2.24. The molecule has 5 aromatic rings. The molecule has 0 saturated carbocycles. The van der Waals surface area contributed by atoms with E-state index in [9.17, 15) is 9.59 Å². The Morgan fingerprint density at radius 1 is 0.955 bits per heavy atom. The summed E-state index contributed by atoms with van der Waals surface area (Å²) in [6.45, 7) is 6.85. The first-order chi connectivity index (χ1) is 21.2. The molecule has 0 aliphatic rings. The van der Waals surface area contributed by atoms with Crippen LogP contribution in [0.3, 0.4) is 0 Å². The number of H-pyrrole nitrogens is 1. The van der Waals surface area contributed by atoms with Crippen molar-refractivity contribution in [2.24, 2.45) is 0 Å². The van der Waals surface area contributed by atoms with Gasteiger partial charge in [0.2, 0.25) is 5.95 Å². The number of nitrogens with zero attached hydrogens (tertiary/aromatic N) is 5. The Morgan fingerprint density at radius 3 is 2.48 bits per heavy atom. The smallest absolute Gasteiger partial charge is 0.408 e. The summed E-state index contributed by atoms with van der Waals surface area (Å²) in [4.78, 5) is 46.8. The van der Waals surface area contributed by atoms with Crippen LogP contribution in [-0.4, -0.2) is 66.3 Å². The molecule has 1 atom stereocenters. The Hall–Kier alpha value is -5.20. The average Bonchev–Trinajstić information content (AvgIpc) is 3.61. The van der Waals surface area contributed by atoms with Crippen molar-refractivity contribution in [2.45, 2.75) is 58.4 Å². The summed E-state index contributed by atoms with van der Waals surface area (Å²) < 4.78 is 12.6. The molecule has 0 radical (unpaired) electrons. The number of fused-ring (bicyclic) bond motifs is 2. The van der Waals surface area contributed by atoms with Gasteiger partial charge in [-0.1, -0.05) is 42.5 Å². The monoisotopic (exact) mass is 599 g/mol. The van der Waals surface area contributed by atoms with Crippen LogP contribution in [0.25, 0.3) is 22.2 Å². The minimum Gasteiger partial charge on any atom is -0.458 e. The van der Waals surface area contributed by atoms with E-state index in [1.54, 1.807) is 31.7 Å². The number of anilines is 2. The molecule has 44 heavy (non-hydrogen) atoms. The Kier molecular flexibility index (Phi) is 9.52. The number of rotatable bonds is 13. The third-order valence-corrected chi connectivity index (χ3v) is 6.55. The summed E-state index contributed by atoms with van der Waals surface area (Å²) in [5, 5.41) is 9.30. The van der Waals surface area contributed by atoms with Crippen molar-refractivity contribution in [1.82, 2.24) is 34.8 Å². The van der Waals surface area contributed by atoms with Gasteiger partial charge in [0, 0.05) is 13.1 Å². The van der Waals surface area contributed by atoms with Gasteiger partial charge in [0.25, 0.3) is 0 Å². The van der Waals surface area contributed by atoms with Crippen LogP contribution in [0.5, 0.6) is 0 Å². The molecule has 0 fully saturated rings. The molecular weight excluding hydrogens is 562 g/mol. The molecule has 0 bridgehead atoms. The van der Waals surface area contributed by atoms with Crippen LogP contribution in [0.1, 0.15) is 39.2 Å². The molecule has 0 aliphatic carbocycles. The molecule has 13 heteroatoms. The van der Waals surface area contributed by atoms with Crippen LogP contribution in [0.2, 0.25) is 0 Å². The van der Waals surface area contributed by atoms with Crippen LogP contribution in [0, 0.1) is 0 Å². The van der Waals surface area contributed by atoms with Gasteiger partial charge < -0.3 is 35.0 Å². The fraction of sp³-hybridized carbons (Fsp3) is 0.355. The van der Waals surface area contributed by atoms with E-state index in [-0.39, 0.29) is 13.2 Å². The van der Waals surface area contributed by atoms with E-state index in [1.165, 1.54) is 6.33 Å².